The van der Waals surface area contributed by atoms with Gasteiger partial charge in [-0.15, -0.1) is 0 Å². The molecule has 0 aromatic heterocycles. The Morgan fingerprint density at radius 3 is 2.06 bits per heavy atom. The second-order valence-corrected chi connectivity index (χ2v) is 28.6. The lowest BCUT2D eigenvalue weighted by Gasteiger charge is -2.52. The number of hydrogen-bond acceptors (Lipinski definition) is 7. The smallest absolute Gasteiger partial charge is 0.471 e. The third-order valence-electron chi connectivity index (χ3n) is 12.4. The van der Waals surface area contributed by atoms with Gasteiger partial charge >= 0.3 is 8.56 Å². The van der Waals surface area contributed by atoms with Crippen LogP contribution in [0.25, 0.3) is 10.8 Å². The van der Waals surface area contributed by atoms with Crippen LogP contribution in [0.1, 0.15) is 134 Å². The fourth-order valence-corrected chi connectivity index (χ4v) is 14.7. The van der Waals surface area contributed by atoms with Crippen LogP contribution < -0.4 is 8.85 Å². The topological polar surface area (TPSA) is 83.5 Å². The summed E-state index contributed by atoms with van der Waals surface area (Å²) in [6.45, 7) is 38.9. The highest BCUT2D eigenvalue weighted by molar-refractivity contribution is 6.75. The molecule has 9 heteroatoms. The molecule has 0 unspecified atom stereocenters. The lowest BCUT2D eigenvalue weighted by Crippen LogP contribution is -2.63. The van der Waals surface area contributed by atoms with Crippen molar-refractivity contribution in [1.82, 2.24) is 0 Å². The molecule has 0 spiro atoms. The quantitative estimate of drug-likeness (QED) is 0.250. The molecule has 6 rings (SSSR count). The lowest BCUT2D eigenvalue weighted by molar-refractivity contribution is -0.161. The molecule has 49 heavy (non-hydrogen) atoms. The van der Waals surface area contributed by atoms with Gasteiger partial charge in [-0.25, -0.2) is 0 Å². The minimum absolute atomic E-state index is 0.00334. The molecule has 2 saturated heterocycles. The lowest BCUT2D eigenvalue weighted by atomic mass is 9.76. The number of fused-ring (bicyclic) bond motifs is 4. The molecule has 0 radical (unpaired) electrons. The van der Waals surface area contributed by atoms with Crippen LogP contribution in [0, 0.1) is 19.8 Å². The van der Waals surface area contributed by atoms with E-state index in [0.717, 1.165) is 33.0 Å². The van der Waals surface area contributed by atoms with Gasteiger partial charge in [0.15, 0.2) is 19.9 Å². The number of carbonyl (C=O) groups excluding carboxylic acids is 1. The monoisotopic (exact) mass is 708 g/mol. The van der Waals surface area contributed by atoms with Crippen molar-refractivity contribution in [3.63, 3.8) is 0 Å². The van der Waals surface area contributed by atoms with Crippen LogP contribution in [-0.4, -0.2) is 51.9 Å². The van der Waals surface area contributed by atoms with Gasteiger partial charge in [0.25, 0.3) is 0 Å². The van der Waals surface area contributed by atoms with E-state index in [0.29, 0.717) is 29.1 Å². The zero-order chi connectivity index (χ0) is 36.8. The largest absolute Gasteiger partial charge is 0.510 e. The molecule has 4 aliphatic rings. The maximum Gasteiger partial charge on any atom is 0.471 e. The number of ether oxygens (including phenoxy) is 2. The van der Waals surface area contributed by atoms with Crippen LogP contribution in [0.3, 0.4) is 0 Å². The van der Waals surface area contributed by atoms with E-state index < -0.39 is 57.2 Å². The van der Waals surface area contributed by atoms with Crippen molar-refractivity contribution in [2.45, 2.75) is 168 Å². The van der Waals surface area contributed by atoms with Gasteiger partial charge in [-0.3, -0.25) is 4.79 Å². The Balaban J connectivity index is 1.68. The molecule has 0 amide bonds. The Labute approximate surface area is 296 Å². The highest BCUT2D eigenvalue weighted by atomic mass is 28.4. The fourth-order valence-electron chi connectivity index (χ4n) is 8.91. The summed E-state index contributed by atoms with van der Waals surface area (Å²) in [6, 6.07) is 2.19. The summed E-state index contributed by atoms with van der Waals surface area (Å²) in [6.07, 6.45) is -2.03. The molecule has 1 aliphatic carbocycles. The SMILES string of the molecule is C=C1[C@H](O)[C@H]2O[C@]1(C(C)C)O[C@H]2c1c(C)cc2c(C)c3c(c4c2c1O[Si](C(C)(C)C)(C(C)(C)C)O4)C(=O)[C@@H](O[Si](C)(C)C(C)(C)C)C[C@@H]3C. The van der Waals surface area contributed by atoms with Crippen molar-refractivity contribution in [3.05, 3.63) is 46.0 Å². The number of Topliss-reactive ketones (excluding diaryl/α,β-unsaturated/α-hetero) is 1. The van der Waals surface area contributed by atoms with Crippen molar-refractivity contribution in [1.29, 1.82) is 0 Å². The van der Waals surface area contributed by atoms with Crippen molar-refractivity contribution in [2.75, 3.05) is 0 Å². The Hall–Kier alpha value is -2.02. The molecule has 2 bridgehead atoms. The molecule has 7 nitrogen and oxygen atoms in total. The van der Waals surface area contributed by atoms with Crippen molar-refractivity contribution in [2.24, 2.45) is 5.92 Å². The fraction of sp³-hybridized carbons (Fsp3) is 0.675. The van der Waals surface area contributed by atoms with Crippen LogP contribution in [0.5, 0.6) is 11.5 Å². The van der Waals surface area contributed by atoms with E-state index in [-0.39, 0.29) is 22.7 Å². The van der Waals surface area contributed by atoms with Crippen molar-refractivity contribution >= 4 is 33.4 Å². The number of rotatable bonds is 4. The first-order valence-electron chi connectivity index (χ1n) is 18.2. The second-order valence-electron chi connectivity index (χ2n) is 19.2. The third kappa shape index (κ3) is 4.96. The molecule has 0 saturated carbocycles. The highest BCUT2D eigenvalue weighted by Crippen LogP contribution is 2.63. The zero-order valence-corrected chi connectivity index (χ0v) is 34.9. The van der Waals surface area contributed by atoms with Gasteiger partial charge in [0, 0.05) is 27.1 Å². The molecular formula is C40H60O7Si2. The zero-order valence-electron chi connectivity index (χ0n) is 32.9. The summed E-state index contributed by atoms with van der Waals surface area (Å²) >= 11 is 0. The molecule has 270 valence electrons. The Morgan fingerprint density at radius 1 is 0.980 bits per heavy atom. The average Bonchev–Trinajstić information content (AvgIpc) is 3.46. The summed E-state index contributed by atoms with van der Waals surface area (Å²) in [5.41, 5.74) is 5.18. The first-order chi connectivity index (χ1) is 22.2. The molecule has 6 atom stereocenters. The van der Waals surface area contributed by atoms with Crippen LogP contribution in [0.2, 0.25) is 28.2 Å². The van der Waals surface area contributed by atoms with E-state index in [1.807, 2.05) is 13.8 Å². The number of ketones is 1. The summed E-state index contributed by atoms with van der Waals surface area (Å²) < 4.78 is 35.3. The van der Waals surface area contributed by atoms with Crippen LogP contribution in [0.15, 0.2) is 18.2 Å². The molecule has 2 aromatic carbocycles. The molecule has 2 fully saturated rings. The van der Waals surface area contributed by atoms with E-state index in [1.165, 1.54) is 0 Å². The van der Waals surface area contributed by atoms with E-state index in [4.69, 9.17) is 22.8 Å². The Bertz CT molecular complexity index is 1740. The highest BCUT2D eigenvalue weighted by Gasteiger charge is 2.67. The second kappa shape index (κ2) is 11.0. The minimum atomic E-state index is -3.30. The summed E-state index contributed by atoms with van der Waals surface area (Å²) in [5.74, 6) is 0.263. The number of benzene rings is 2. The minimum Gasteiger partial charge on any atom is -0.510 e. The van der Waals surface area contributed by atoms with E-state index >= 15 is 4.79 Å². The van der Waals surface area contributed by atoms with Crippen molar-refractivity contribution < 1.29 is 32.7 Å². The van der Waals surface area contributed by atoms with Gasteiger partial charge in [0.1, 0.15) is 35.9 Å². The number of aryl methyl sites for hydroxylation is 2. The van der Waals surface area contributed by atoms with E-state index in [1.54, 1.807) is 0 Å². The molecule has 2 aromatic rings. The van der Waals surface area contributed by atoms with Crippen LogP contribution >= 0.6 is 0 Å². The number of hydrogen-bond donors (Lipinski definition) is 1. The average molecular weight is 709 g/mol. The normalized spacial score (nSPS) is 29.8. The van der Waals surface area contributed by atoms with Crippen molar-refractivity contribution in [3.8, 4) is 11.5 Å². The number of carbonyl (C=O) groups is 1. The number of aliphatic hydroxyl groups excluding tert-OH is 1. The van der Waals surface area contributed by atoms with E-state index in [2.05, 4.69) is 109 Å². The summed E-state index contributed by atoms with van der Waals surface area (Å²) in [5, 5.41) is 12.5. The van der Waals surface area contributed by atoms with Gasteiger partial charge in [-0.05, 0) is 66.4 Å². The van der Waals surface area contributed by atoms with Gasteiger partial charge < -0.3 is 27.9 Å². The maximum atomic E-state index is 15.0. The number of aliphatic hydroxyl groups is 1. The molecular weight excluding hydrogens is 649 g/mol. The van der Waals surface area contributed by atoms with Gasteiger partial charge in [-0.1, -0.05) is 95.7 Å². The molecule has 3 heterocycles. The summed E-state index contributed by atoms with van der Waals surface area (Å²) in [7, 11) is -5.57. The van der Waals surface area contributed by atoms with Crippen LogP contribution in [0.4, 0.5) is 0 Å². The summed E-state index contributed by atoms with van der Waals surface area (Å²) in [4.78, 5) is 15.0. The van der Waals surface area contributed by atoms with E-state index in [9.17, 15) is 5.11 Å². The Morgan fingerprint density at radius 2 is 1.55 bits per heavy atom. The molecule has 3 aliphatic heterocycles. The standard InChI is InChI=1S/C40H60O7Si2/c1-20(2)40-24(6)31(41)36(44-40)35(43-40)28-21(3)18-25-23(5)27-22(4)19-26(45-48(16,17)37(7,8)9)32(42)30(27)34-29(25)33(28)46-49(47-34,38(10,11)12)39(13,14)15/h18,20,22,26,31,35-36,41H,6,19H2,1-5,7-17H3/t22-,26-,31-,35-,36+,40-/m0/s1. The van der Waals surface area contributed by atoms with Gasteiger partial charge in [0.05, 0.1) is 10.9 Å². The predicted octanol–water partition coefficient (Wildman–Crippen LogP) is 10.1. The third-order valence-corrected chi connectivity index (χ3v) is 21.9. The first kappa shape index (κ1) is 36.8. The van der Waals surface area contributed by atoms with Crippen LogP contribution in [-0.2, 0) is 13.9 Å². The van der Waals surface area contributed by atoms with Gasteiger partial charge in [-0.2, -0.15) is 0 Å². The Kier molecular flexibility index (Phi) is 8.25. The first-order valence-corrected chi connectivity index (χ1v) is 22.9. The predicted molar refractivity (Wildman–Crippen MR) is 201 cm³/mol. The maximum absolute atomic E-state index is 15.0. The van der Waals surface area contributed by atoms with Gasteiger partial charge in [0.2, 0.25) is 0 Å². The molecule has 1 N–H and O–H groups in total.